The molecule has 190 valence electrons. The Bertz CT molecular complexity index is 943. The van der Waals surface area contributed by atoms with Crippen molar-refractivity contribution in [2.75, 3.05) is 33.4 Å². The van der Waals surface area contributed by atoms with E-state index in [4.69, 9.17) is 9.26 Å². The molecule has 1 aromatic heterocycles. The lowest BCUT2D eigenvalue weighted by Crippen LogP contribution is -2.57. The summed E-state index contributed by atoms with van der Waals surface area (Å²) in [6.45, 7) is 2.73. The number of aromatic nitrogens is 1. The first-order valence-electron chi connectivity index (χ1n) is 12.7. The zero-order valence-electron chi connectivity index (χ0n) is 19.9. The van der Waals surface area contributed by atoms with Gasteiger partial charge in [0.25, 0.3) is 16.1 Å². The largest absolute Gasteiger partial charge is 0.385 e. The van der Waals surface area contributed by atoms with Crippen LogP contribution in [0, 0.1) is 0 Å². The fraction of sp³-hybridized carbons (Fsp3) is 0.826. The molecule has 1 aromatic rings. The molecule has 10 nitrogen and oxygen atoms in total. The van der Waals surface area contributed by atoms with Gasteiger partial charge in [0.2, 0.25) is 0 Å². The second-order valence-corrected chi connectivity index (χ2v) is 12.1. The van der Waals surface area contributed by atoms with E-state index in [-0.39, 0.29) is 24.0 Å². The molecule has 1 aliphatic carbocycles. The Hall–Kier alpha value is -1.53. The summed E-state index contributed by atoms with van der Waals surface area (Å²) in [6.07, 6.45) is 7.79. The normalized spacial score (nSPS) is 28.9. The second-order valence-electron chi connectivity index (χ2n) is 10.2. The Labute approximate surface area is 201 Å². The maximum Gasteiger partial charge on any atom is 0.282 e. The van der Waals surface area contributed by atoms with Gasteiger partial charge in [0, 0.05) is 63.0 Å². The van der Waals surface area contributed by atoms with Gasteiger partial charge in [0.1, 0.15) is 5.76 Å². The topological polar surface area (TPSA) is 117 Å². The molecule has 1 saturated carbocycles. The molecule has 0 aromatic carbocycles. The third-order valence-corrected chi connectivity index (χ3v) is 9.89. The number of hydrogen-bond acceptors (Lipinski definition) is 7. The number of rotatable bonds is 10. The maximum atomic E-state index is 13.5. The lowest BCUT2D eigenvalue weighted by atomic mass is 9.99. The zero-order chi connectivity index (χ0) is 23.7. The van der Waals surface area contributed by atoms with Crippen molar-refractivity contribution in [1.82, 2.24) is 24.4 Å². The summed E-state index contributed by atoms with van der Waals surface area (Å²) < 4.78 is 40.9. The van der Waals surface area contributed by atoms with Gasteiger partial charge < -0.3 is 19.9 Å². The highest BCUT2D eigenvalue weighted by Crippen LogP contribution is 2.41. The van der Waals surface area contributed by atoms with Gasteiger partial charge in [-0.3, -0.25) is 4.79 Å². The van der Waals surface area contributed by atoms with Crippen LogP contribution < -0.4 is 10.6 Å². The summed E-state index contributed by atoms with van der Waals surface area (Å²) >= 11 is 0. The summed E-state index contributed by atoms with van der Waals surface area (Å²) in [4.78, 5) is 12.7. The van der Waals surface area contributed by atoms with E-state index in [9.17, 15) is 13.2 Å². The van der Waals surface area contributed by atoms with Gasteiger partial charge in [-0.25, -0.2) is 0 Å². The molecule has 4 aliphatic rings. The van der Waals surface area contributed by atoms with Crippen LogP contribution in [0.2, 0.25) is 0 Å². The van der Waals surface area contributed by atoms with Crippen molar-refractivity contribution in [3.05, 3.63) is 17.5 Å². The molecule has 1 amide bonds. The van der Waals surface area contributed by atoms with Crippen LogP contribution in [0.1, 0.15) is 80.0 Å². The Balaban J connectivity index is 1.13. The minimum absolute atomic E-state index is 0.0421. The maximum absolute atomic E-state index is 13.5. The number of methoxy groups -OCH3 is 1. The molecule has 0 spiro atoms. The number of amides is 1. The molecule has 11 heteroatoms. The van der Waals surface area contributed by atoms with Crippen LogP contribution in [0.25, 0.3) is 0 Å². The zero-order valence-corrected chi connectivity index (χ0v) is 20.8. The van der Waals surface area contributed by atoms with E-state index in [0.717, 1.165) is 63.9 Å². The predicted molar refractivity (Wildman–Crippen MR) is 126 cm³/mol. The van der Waals surface area contributed by atoms with Crippen LogP contribution in [0.15, 0.2) is 10.6 Å². The van der Waals surface area contributed by atoms with Gasteiger partial charge in [0.05, 0.1) is 0 Å². The van der Waals surface area contributed by atoms with Crippen LogP contribution in [0.5, 0.6) is 0 Å². The van der Waals surface area contributed by atoms with E-state index < -0.39 is 10.2 Å². The molecule has 0 radical (unpaired) electrons. The Kier molecular flexibility index (Phi) is 7.27. The van der Waals surface area contributed by atoms with Gasteiger partial charge in [-0.2, -0.15) is 17.0 Å². The Morgan fingerprint density at radius 1 is 1.12 bits per heavy atom. The fourth-order valence-corrected chi connectivity index (χ4v) is 7.87. The van der Waals surface area contributed by atoms with Crippen molar-refractivity contribution in [2.24, 2.45) is 0 Å². The first-order valence-corrected chi connectivity index (χ1v) is 14.1. The molecular formula is C23H37N5O5S. The van der Waals surface area contributed by atoms with E-state index in [2.05, 4.69) is 15.8 Å². The highest BCUT2D eigenvalue weighted by Gasteiger charge is 2.49. The monoisotopic (exact) mass is 495 g/mol. The average Bonchev–Trinajstić information content (AvgIpc) is 3.48. The van der Waals surface area contributed by atoms with E-state index in [1.54, 1.807) is 21.8 Å². The third kappa shape index (κ3) is 5.18. The quantitative estimate of drug-likeness (QED) is 0.474. The Morgan fingerprint density at radius 2 is 1.82 bits per heavy atom. The van der Waals surface area contributed by atoms with E-state index in [0.29, 0.717) is 43.6 Å². The van der Waals surface area contributed by atoms with Gasteiger partial charge in [0.15, 0.2) is 5.69 Å². The van der Waals surface area contributed by atoms with Gasteiger partial charge in [-0.1, -0.05) is 5.16 Å². The van der Waals surface area contributed by atoms with Crippen molar-refractivity contribution in [3.63, 3.8) is 0 Å². The first kappa shape index (κ1) is 24.2. The smallest absolute Gasteiger partial charge is 0.282 e. The van der Waals surface area contributed by atoms with Crippen LogP contribution >= 0.6 is 0 Å². The van der Waals surface area contributed by atoms with Crippen LogP contribution in [0.4, 0.5) is 0 Å². The molecule has 34 heavy (non-hydrogen) atoms. The molecule has 3 aliphatic heterocycles. The number of carbonyl (C=O) groups is 1. The minimum atomic E-state index is -3.50. The lowest BCUT2D eigenvalue weighted by Gasteiger charge is -2.42. The number of nitrogens with zero attached hydrogens (tertiary/aromatic N) is 3. The minimum Gasteiger partial charge on any atom is -0.385 e. The van der Waals surface area contributed by atoms with E-state index in [1.165, 1.54) is 0 Å². The second kappa shape index (κ2) is 10.2. The van der Waals surface area contributed by atoms with Crippen molar-refractivity contribution < 1.29 is 22.5 Å². The van der Waals surface area contributed by atoms with Gasteiger partial charge >= 0.3 is 0 Å². The summed E-state index contributed by atoms with van der Waals surface area (Å²) in [5.41, 5.74) is 0.322. The molecule has 1 unspecified atom stereocenters. The lowest BCUT2D eigenvalue weighted by molar-refractivity contribution is 0.0897. The highest BCUT2D eigenvalue weighted by atomic mass is 32.2. The van der Waals surface area contributed by atoms with E-state index in [1.807, 2.05) is 0 Å². The number of hydrogen-bond donors (Lipinski definition) is 2. The summed E-state index contributed by atoms with van der Waals surface area (Å²) in [6, 6.07) is 1.95. The third-order valence-electron chi connectivity index (χ3n) is 7.75. The number of carbonyl (C=O) groups excluding carboxylic acids is 1. The standard InChI is InChI=1S/C23H37N5O5S/c1-32-12-2-9-24-17-7-10-27(11-8-17)34(30,31)28-19-5-6-20(28)14-18(13-19)25-23(29)21-15-22(33-26-21)16-3-4-16/h15-20,24H,2-14H2,1H3,(H,25,29)/t18?,19-,20+. The molecule has 3 saturated heterocycles. The molecule has 4 heterocycles. The molecule has 3 atom stereocenters. The van der Waals surface area contributed by atoms with E-state index >= 15 is 0 Å². The average molecular weight is 496 g/mol. The van der Waals surface area contributed by atoms with Gasteiger partial charge in [-0.05, 0) is 64.3 Å². The summed E-state index contributed by atoms with van der Waals surface area (Å²) in [7, 11) is -1.80. The molecular weight excluding hydrogens is 458 g/mol. The predicted octanol–water partition coefficient (Wildman–Crippen LogP) is 1.61. The van der Waals surface area contributed by atoms with Gasteiger partial charge in [-0.15, -0.1) is 0 Å². The van der Waals surface area contributed by atoms with Crippen molar-refractivity contribution in [2.45, 2.75) is 87.9 Å². The molecule has 4 fully saturated rings. The summed E-state index contributed by atoms with van der Waals surface area (Å²) in [5.74, 6) is 0.978. The number of nitrogens with one attached hydrogen (secondary N) is 2. The first-order chi connectivity index (χ1) is 16.5. The SMILES string of the molecule is COCCCNC1CCN(S(=O)(=O)N2[C@@H]3CC[C@H]2CC(NC(=O)c2cc(C4CC4)on2)C3)CC1. The van der Waals surface area contributed by atoms with Crippen molar-refractivity contribution in [1.29, 1.82) is 0 Å². The van der Waals surface area contributed by atoms with Crippen molar-refractivity contribution in [3.8, 4) is 0 Å². The molecule has 2 bridgehead atoms. The van der Waals surface area contributed by atoms with Crippen LogP contribution in [-0.4, -0.2) is 85.6 Å². The van der Waals surface area contributed by atoms with Crippen molar-refractivity contribution >= 4 is 16.1 Å². The van der Waals surface area contributed by atoms with Crippen LogP contribution in [-0.2, 0) is 14.9 Å². The Morgan fingerprint density at radius 3 is 2.47 bits per heavy atom. The fourth-order valence-electron chi connectivity index (χ4n) is 5.79. The number of ether oxygens (including phenoxy) is 1. The summed E-state index contributed by atoms with van der Waals surface area (Å²) in [5, 5.41) is 10.5. The van der Waals surface area contributed by atoms with Crippen LogP contribution in [0.3, 0.4) is 0 Å². The molecule has 5 rings (SSSR count). The molecule has 2 N–H and O–H groups in total. The number of piperidine rings is 2. The highest BCUT2D eigenvalue weighted by molar-refractivity contribution is 7.86. The number of fused-ring (bicyclic) bond motifs is 2.